The number of hydrogen-bond donors (Lipinski definition) is 0. The molecular weight excluding hydrogens is 384 g/mol. The SMILES string of the molecule is C=C(C)C(=O)OCC(CC)(COC(=O)C(=C)C)COC(=O)C(=C)C.[CH]1CCCCC1. The molecule has 1 aliphatic carbocycles. The highest BCUT2D eigenvalue weighted by molar-refractivity contribution is 5.88. The van der Waals surface area contributed by atoms with Gasteiger partial charge in [-0.3, -0.25) is 0 Å². The molecule has 6 heteroatoms. The molecular formula is C24H37O6. The van der Waals surface area contributed by atoms with E-state index in [-0.39, 0.29) is 36.5 Å². The molecule has 0 bridgehead atoms. The van der Waals surface area contributed by atoms with Gasteiger partial charge in [0, 0.05) is 16.7 Å². The zero-order valence-corrected chi connectivity index (χ0v) is 19.0. The zero-order chi connectivity index (χ0) is 23.2. The van der Waals surface area contributed by atoms with Gasteiger partial charge in [-0.05, 0) is 33.6 Å². The van der Waals surface area contributed by atoms with E-state index in [9.17, 15) is 14.4 Å². The van der Waals surface area contributed by atoms with Gasteiger partial charge in [-0.2, -0.15) is 0 Å². The molecule has 0 aromatic rings. The van der Waals surface area contributed by atoms with E-state index in [0.29, 0.717) is 6.42 Å². The van der Waals surface area contributed by atoms with Crippen molar-refractivity contribution in [2.75, 3.05) is 19.8 Å². The molecule has 1 fully saturated rings. The summed E-state index contributed by atoms with van der Waals surface area (Å²) in [6.07, 6.45) is 9.95. The third kappa shape index (κ3) is 11.6. The van der Waals surface area contributed by atoms with Crippen LogP contribution in [0.15, 0.2) is 36.5 Å². The first-order valence-electron chi connectivity index (χ1n) is 10.3. The van der Waals surface area contributed by atoms with E-state index in [1.54, 1.807) is 0 Å². The van der Waals surface area contributed by atoms with Crippen LogP contribution in [0, 0.1) is 11.8 Å². The Hall–Kier alpha value is -2.37. The molecule has 0 saturated heterocycles. The Morgan fingerprint density at radius 3 is 1.23 bits per heavy atom. The van der Waals surface area contributed by atoms with Crippen LogP contribution in [-0.2, 0) is 28.6 Å². The van der Waals surface area contributed by atoms with Crippen molar-refractivity contribution in [3.05, 3.63) is 42.9 Å². The zero-order valence-electron chi connectivity index (χ0n) is 19.0. The lowest BCUT2D eigenvalue weighted by Crippen LogP contribution is -2.39. The minimum Gasteiger partial charge on any atom is -0.461 e. The van der Waals surface area contributed by atoms with Gasteiger partial charge in [0.15, 0.2) is 0 Å². The summed E-state index contributed by atoms with van der Waals surface area (Å²) in [6, 6.07) is 0. The van der Waals surface area contributed by atoms with Crippen LogP contribution >= 0.6 is 0 Å². The monoisotopic (exact) mass is 421 g/mol. The van der Waals surface area contributed by atoms with E-state index >= 15 is 0 Å². The lowest BCUT2D eigenvalue weighted by Gasteiger charge is -2.31. The summed E-state index contributed by atoms with van der Waals surface area (Å²) in [6.45, 7) is 16.7. The summed E-state index contributed by atoms with van der Waals surface area (Å²) in [5.41, 5.74) is -0.116. The highest BCUT2D eigenvalue weighted by atomic mass is 16.6. The van der Waals surface area contributed by atoms with E-state index in [1.165, 1.54) is 52.9 Å². The molecule has 0 aliphatic heterocycles. The quantitative estimate of drug-likeness (QED) is 0.284. The summed E-state index contributed by atoms with van der Waals surface area (Å²) < 4.78 is 15.5. The highest BCUT2D eigenvalue weighted by Crippen LogP contribution is 2.25. The Labute approximate surface area is 181 Å². The van der Waals surface area contributed by atoms with Crippen molar-refractivity contribution >= 4 is 17.9 Å². The number of esters is 3. The van der Waals surface area contributed by atoms with Crippen molar-refractivity contribution in [3.63, 3.8) is 0 Å². The van der Waals surface area contributed by atoms with E-state index < -0.39 is 23.3 Å². The molecule has 1 radical (unpaired) electrons. The number of ether oxygens (including phenoxy) is 3. The van der Waals surface area contributed by atoms with Gasteiger partial charge in [-0.1, -0.05) is 58.8 Å². The van der Waals surface area contributed by atoms with Crippen molar-refractivity contribution in [1.82, 2.24) is 0 Å². The fraction of sp³-hybridized carbons (Fsp3) is 0.583. The van der Waals surface area contributed by atoms with Gasteiger partial charge in [0.25, 0.3) is 0 Å². The van der Waals surface area contributed by atoms with Crippen LogP contribution in [0.1, 0.15) is 66.2 Å². The van der Waals surface area contributed by atoms with Crippen LogP contribution in [0.25, 0.3) is 0 Å². The maximum Gasteiger partial charge on any atom is 0.333 e. The van der Waals surface area contributed by atoms with Gasteiger partial charge < -0.3 is 14.2 Å². The van der Waals surface area contributed by atoms with Crippen LogP contribution in [0.3, 0.4) is 0 Å². The summed E-state index contributed by atoms with van der Waals surface area (Å²) in [5.74, 6) is -1.69. The Balaban J connectivity index is 0.00000118. The third-order valence-corrected chi connectivity index (χ3v) is 4.64. The van der Waals surface area contributed by atoms with Gasteiger partial charge in [-0.15, -0.1) is 0 Å². The lowest BCUT2D eigenvalue weighted by atomic mass is 9.88. The van der Waals surface area contributed by atoms with Crippen LogP contribution in [0.5, 0.6) is 0 Å². The predicted octanol–water partition coefficient (Wildman–Crippen LogP) is 4.90. The average Bonchev–Trinajstić information content (AvgIpc) is 2.74. The maximum atomic E-state index is 11.6. The third-order valence-electron chi connectivity index (χ3n) is 4.64. The molecule has 0 unspecified atom stereocenters. The van der Waals surface area contributed by atoms with Crippen LogP contribution < -0.4 is 0 Å². The van der Waals surface area contributed by atoms with Crippen LogP contribution in [0.2, 0.25) is 0 Å². The predicted molar refractivity (Wildman–Crippen MR) is 117 cm³/mol. The smallest absolute Gasteiger partial charge is 0.333 e. The van der Waals surface area contributed by atoms with E-state index in [2.05, 4.69) is 26.2 Å². The molecule has 0 heterocycles. The standard InChI is InChI=1S/C18H26O6.C6H11/c1-8-18(9-22-15(19)12(2)3,10-23-16(20)13(4)5)11-24-17(21)14(6)7;1-2-4-6-5-3-1/h2,4,6,8-11H2,1,3,5,7H3;1H,2-6H2. The van der Waals surface area contributed by atoms with Gasteiger partial charge in [0.1, 0.15) is 19.8 Å². The molecule has 0 aromatic carbocycles. The summed E-state index contributed by atoms with van der Waals surface area (Å²) in [4.78, 5) is 34.9. The summed E-state index contributed by atoms with van der Waals surface area (Å²) >= 11 is 0. The Bertz CT molecular complexity index is 542. The number of carbonyl (C=O) groups excluding carboxylic acids is 3. The second-order valence-electron chi connectivity index (χ2n) is 7.85. The molecule has 0 amide bonds. The summed E-state index contributed by atoms with van der Waals surface area (Å²) in [5, 5.41) is 0. The summed E-state index contributed by atoms with van der Waals surface area (Å²) in [7, 11) is 0. The van der Waals surface area contributed by atoms with Crippen molar-refractivity contribution in [2.45, 2.75) is 66.2 Å². The molecule has 0 spiro atoms. The highest BCUT2D eigenvalue weighted by Gasteiger charge is 2.34. The number of hydrogen-bond acceptors (Lipinski definition) is 6. The average molecular weight is 422 g/mol. The molecule has 1 rings (SSSR count). The normalized spacial score (nSPS) is 13.2. The van der Waals surface area contributed by atoms with Crippen molar-refractivity contribution < 1.29 is 28.6 Å². The molecule has 30 heavy (non-hydrogen) atoms. The second kappa shape index (κ2) is 14.6. The van der Waals surface area contributed by atoms with E-state index in [4.69, 9.17) is 14.2 Å². The van der Waals surface area contributed by atoms with Crippen molar-refractivity contribution in [2.24, 2.45) is 5.41 Å². The molecule has 0 atom stereocenters. The lowest BCUT2D eigenvalue weighted by molar-refractivity contribution is -0.157. The van der Waals surface area contributed by atoms with Gasteiger partial charge in [-0.25, -0.2) is 14.4 Å². The Kier molecular flexibility index (Phi) is 13.4. The molecule has 1 aliphatic rings. The first-order chi connectivity index (χ1) is 14.0. The maximum absolute atomic E-state index is 11.6. The first-order valence-corrected chi connectivity index (χ1v) is 10.3. The topological polar surface area (TPSA) is 78.9 Å². The Morgan fingerprint density at radius 1 is 0.733 bits per heavy atom. The largest absolute Gasteiger partial charge is 0.461 e. The van der Waals surface area contributed by atoms with Gasteiger partial charge >= 0.3 is 17.9 Å². The van der Waals surface area contributed by atoms with E-state index in [1.807, 2.05) is 6.92 Å². The number of carbonyl (C=O) groups is 3. The molecule has 0 N–H and O–H groups in total. The van der Waals surface area contributed by atoms with Gasteiger partial charge in [0.2, 0.25) is 0 Å². The van der Waals surface area contributed by atoms with Crippen molar-refractivity contribution in [1.29, 1.82) is 0 Å². The Morgan fingerprint density at radius 2 is 1.07 bits per heavy atom. The number of rotatable bonds is 10. The van der Waals surface area contributed by atoms with Crippen LogP contribution in [-0.4, -0.2) is 37.7 Å². The van der Waals surface area contributed by atoms with Gasteiger partial charge in [0.05, 0.1) is 5.41 Å². The molecule has 6 nitrogen and oxygen atoms in total. The van der Waals surface area contributed by atoms with Crippen LogP contribution in [0.4, 0.5) is 0 Å². The fourth-order valence-corrected chi connectivity index (χ4v) is 2.36. The fourth-order valence-electron chi connectivity index (χ4n) is 2.36. The van der Waals surface area contributed by atoms with Crippen molar-refractivity contribution in [3.8, 4) is 0 Å². The first kappa shape index (κ1) is 27.6. The molecule has 1 saturated carbocycles. The molecule has 0 aromatic heterocycles. The van der Waals surface area contributed by atoms with E-state index in [0.717, 1.165) is 0 Å². The minimum atomic E-state index is -0.860. The minimum absolute atomic E-state index is 0.0812. The molecule has 169 valence electrons. The second-order valence-corrected chi connectivity index (χ2v) is 7.85.